The fourth-order valence-corrected chi connectivity index (χ4v) is 3.75. The van der Waals surface area contributed by atoms with Crippen LogP contribution in [0.4, 0.5) is 5.69 Å². The molecule has 0 aliphatic rings. The van der Waals surface area contributed by atoms with Gasteiger partial charge in [-0.1, -0.05) is 72.4 Å². The zero-order valence-corrected chi connectivity index (χ0v) is 17.6. The second-order valence-electron chi connectivity index (χ2n) is 6.83. The zero-order valence-electron chi connectivity index (χ0n) is 16.8. The first kappa shape index (κ1) is 20.5. The predicted molar refractivity (Wildman–Crippen MR) is 122 cm³/mol. The average Bonchev–Trinajstić information content (AvgIpc) is 3.24. The van der Waals surface area contributed by atoms with E-state index in [4.69, 9.17) is 9.68 Å². The molecule has 4 aromatic rings. The van der Waals surface area contributed by atoms with E-state index in [0.717, 1.165) is 16.8 Å². The number of hydrogen-bond donors (Lipinski definition) is 1. The van der Waals surface area contributed by atoms with E-state index in [1.165, 1.54) is 11.8 Å². The van der Waals surface area contributed by atoms with Crippen LogP contribution in [0.1, 0.15) is 12.5 Å². The second-order valence-corrected chi connectivity index (χ2v) is 8.12. The Labute approximate surface area is 184 Å². The number of nitrogens with zero attached hydrogens (tertiary/aromatic N) is 2. The lowest BCUT2D eigenvalue weighted by Crippen LogP contribution is -2.22. The summed E-state index contributed by atoms with van der Waals surface area (Å²) in [6, 6.07) is 28.5. The van der Waals surface area contributed by atoms with Gasteiger partial charge < -0.3 is 9.73 Å². The summed E-state index contributed by atoms with van der Waals surface area (Å²) in [5.41, 5.74) is 3.80. The summed E-state index contributed by atoms with van der Waals surface area (Å²) in [5.74, 6) is 0.504. The van der Waals surface area contributed by atoms with Gasteiger partial charge >= 0.3 is 0 Å². The molecule has 1 heterocycles. The third-order valence-corrected chi connectivity index (χ3v) is 5.56. The highest BCUT2D eigenvalue weighted by Gasteiger charge is 2.22. The Hall–Kier alpha value is -3.82. The van der Waals surface area contributed by atoms with Crippen LogP contribution in [0.15, 0.2) is 94.6 Å². The topological polar surface area (TPSA) is 78.9 Å². The Morgan fingerprint density at radius 3 is 2.19 bits per heavy atom. The molecule has 0 radical (unpaired) electrons. The minimum atomic E-state index is -0.429. The first-order valence-electron chi connectivity index (χ1n) is 9.73. The molecule has 0 saturated heterocycles. The lowest BCUT2D eigenvalue weighted by molar-refractivity contribution is -0.115. The van der Waals surface area contributed by atoms with Crippen LogP contribution in [0.25, 0.3) is 22.6 Å². The molecule has 0 spiro atoms. The number of rotatable bonds is 6. The summed E-state index contributed by atoms with van der Waals surface area (Å²) in [6.07, 6.45) is 0. The maximum absolute atomic E-state index is 12.6. The van der Waals surface area contributed by atoms with Gasteiger partial charge in [0.05, 0.1) is 16.9 Å². The van der Waals surface area contributed by atoms with Crippen molar-refractivity contribution in [2.24, 2.45) is 0 Å². The molecule has 31 heavy (non-hydrogen) atoms. The number of oxazole rings is 1. The number of carbonyl (C=O) groups is 1. The van der Waals surface area contributed by atoms with Crippen LogP contribution in [0, 0.1) is 11.3 Å². The molecule has 3 aromatic carbocycles. The molecule has 1 N–H and O–H groups in total. The molecule has 0 aliphatic heterocycles. The van der Waals surface area contributed by atoms with E-state index in [-0.39, 0.29) is 5.91 Å². The largest absolute Gasteiger partial charge is 0.431 e. The van der Waals surface area contributed by atoms with Crippen molar-refractivity contribution < 1.29 is 9.21 Å². The molecule has 4 rings (SSSR count). The highest BCUT2D eigenvalue weighted by Crippen LogP contribution is 2.36. The Balaban J connectivity index is 1.56. The van der Waals surface area contributed by atoms with E-state index in [0.29, 0.717) is 22.2 Å². The molecular formula is C25H19N3O2S. The van der Waals surface area contributed by atoms with Gasteiger partial charge in [-0.25, -0.2) is 4.98 Å². The van der Waals surface area contributed by atoms with Gasteiger partial charge in [0, 0.05) is 16.8 Å². The fraction of sp³-hybridized carbons (Fsp3) is 0.0800. The Kier molecular flexibility index (Phi) is 6.16. The quantitative estimate of drug-likeness (QED) is 0.383. The molecular weight excluding hydrogens is 406 g/mol. The standard InChI is InChI=1S/C25H19N3O2S/c1-17(24(29)27-21-14-12-18(16-26)13-15-21)31-25-28-22(19-8-4-2-5-9-19)23(30-25)20-10-6-3-7-11-20/h2-15,17H,1H3,(H,27,29). The summed E-state index contributed by atoms with van der Waals surface area (Å²) >= 11 is 1.26. The van der Waals surface area contributed by atoms with Crippen molar-refractivity contribution in [2.75, 3.05) is 5.32 Å². The van der Waals surface area contributed by atoms with E-state index in [1.807, 2.05) is 60.7 Å². The van der Waals surface area contributed by atoms with Gasteiger partial charge in [-0.2, -0.15) is 5.26 Å². The number of anilines is 1. The highest BCUT2D eigenvalue weighted by atomic mass is 32.2. The van der Waals surface area contributed by atoms with Crippen molar-refractivity contribution >= 4 is 23.4 Å². The van der Waals surface area contributed by atoms with E-state index in [9.17, 15) is 4.79 Å². The minimum Gasteiger partial charge on any atom is -0.431 e. The number of amides is 1. The Morgan fingerprint density at radius 1 is 0.968 bits per heavy atom. The van der Waals surface area contributed by atoms with Crippen LogP contribution in [0.3, 0.4) is 0 Å². The molecule has 1 unspecified atom stereocenters. The first-order valence-corrected chi connectivity index (χ1v) is 10.6. The minimum absolute atomic E-state index is 0.171. The monoisotopic (exact) mass is 425 g/mol. The second kappa shape index (κ2) is 9.33. The predicted octanol–water partition coefficient (Wildman–Crippen LogP) is 6.00. The molecule has 6 heteroatoms. The smallest absolute Gasteiger partial charge is 0.257 e. The molecule has 5 nitrogen and oxygen atoms in total. The van der Waals surface area contributed by atoms with E-state index >= 15 is 0 Å². The third kappa shape index (κ3) is 4.85. The summed E-state index contributed by atoms with van der Waals surface area (Å²) in [7, 11) is 0. The first-order chi connectivity index (χ1) is 15.1. The van der Waals surface area contributed by atoms with Gasteiger partial charge in [0.15, 0.2) is 5.76 Å². The van der Waals surface area contributed by atoms with Crippen molar-refractivity contribution in [3.8, 4) is 28.7 Å². The maximum Gasteiger partial charge on any atom is 0.257 e. The highest BCUT2D eigenvalue weighted by molar-refractivity contribution is 8.00. The van der Waals surface area contributed by atoms with Gasteiger partial charge in [0.2, 0.25) is 5.91 Å². The van der Waals surface area contributed by atoms with Crippen molar-refractivity contribution in [1.82, 2.24) is 4.98 Å². The molecule has 1 amide bonds. The molecule has 1 aromatic heterocycles. The SMILES string of the molecule is CC(Sc1nc(-c2ccccc2)c(-c2ccccc2)o1)C(=O)Nc1ccc(C#N)cc1. The summed E-state index contributed by atoms with van der Waals surface area (Å²) in [5, 5.41) is 11.8. The van der Waals surface area contributed by atoms with Gasteiger partial charge in [-0.3, -0.25) is 4.79 Å². The molecule has 0 bridgehead atoms. The van der Waals surface area contributed by atoms with E-state index < -0.39 is 5.25 Å². The number of nitriles is 1. The van der Waals surface area contributed by atoms with Crippen LogP contribution >= 0.6 is 11.8 Å². The molecule has 0 aliphatic carbocycles. The summed E-state index contributed by atoms with van der Waals surface area (Å²) in [4.78, 5) is 17.3. The van der Waals surface area contributed by atoms with Crippen LogP contribution in [-0.2, 0) is 4.79 Å². The number of carbonyl (C=O) groups excluding carboxylic acids is 1. The van der Waals surface area contributed by atoms with Gasteiger partial charge in [0.1, 0.15) is 5.69 Å². The Morgan fingerprint density at radius 2 is 1.58 bits per heavy atom. The van der Waals surface area contributed by atoms with Gasteiger partial charge in [-0.05, 0) is 31.2 Å². The molecule has 1 atom stereocenters. The number of thioether (sulfide) groups is 1. The van der Waals surface area contributed by atoms with Crippen molar-refractivity contribution in [3.63, 3.8) is 0 Å². The lowest BCUT2D eigenvalue weighted by atomic mass is 10.1. The fourth-order valence-electron chi connectivity index (χ4n) is 3.00. The van der Waals surface area contributed by atoms with Gasteiger partial charge in [0.25, 0.3) is 5.22 Å². The van der Waals surface area contributed by atoms with Crippen LogP contribution < -0.4 is 5.32 Å². The number of aromatic nitrogens is 1. The van der Waals surface area contributed by atoms with Crippen LogP contribution in [0.5, 0.6) is 0 Å². The van der Waals surface area contributed by atoms with E-state index in [1.54, 1.807) is 31.2 Å². The normalized spacial score (nSPS) is 11.5. The molecule has 0 saturated carbocycles. The summed E-state index contributed by atoms with van der Waals surface area (Å²) < 4.78 is 6.09. The van der Waals surface area contributed by atoms with Crippen LogP contribution in [0.2, 0.25) is 0 Å². The van der Waals surface area contributed by atoms with Crippen LogP contribution in [-0.4, -0.2) is 16.1 Å². The Bertz CT molecular complexity index is 1160. The van der Waals surface area contributed by atoms with Crippen molar-refractivity contribution in [1.29, 1.82) is 5.26 Å². The van der Waals surface area contributed by atoms with Crippen molar-refractivity contribution in [2.45, 2.75) is 17.4 Å². The van der Waals surface area contributed by atoms with Crippen molar-refractivity contribution in [3.05, 3.63) is 90.5 Å². The lowest BCUT2D eigenvalue weighted by Gasteiger charge is -2.10. The van der Waals surface area contributed by atoms with E-state index in [2.05, 4.69) is 16.4 Å². The molecule has 152 valence electrons. The van der Waals surface area contributed by atoms with Gasteiger partial charge in [-0.15, -0.1) is 0 Å². The number of hydrogen-bond acceptors (Lipinski definition) is 5. The zero-order chi connectivity index (χ0) is 21.6. The molecule has 0 fully saturated rings. The summed E-state index contributed by atoms with van der Waals surface area (Å²) in [6.45, 7) is 1.80. The number of nitrogens with one attached hydrogen (secondary N) is 1. The maximum atomic E-state index is 12.6. The third-order valence-electron chi connectivity index (χ3n) is 4.62. The average molecular weight is 426 g/mol. The number of benzene rings is 3.